The molecular weight excluding hydrogens is 397 g/mol. The first kappa shape index (κ1) is 23.2. The fourth-order valence-corrected chi connectivity index (χ4v) is 2.78. The molecular formula is C20H25F3N6O. The van der Waals surface area contributed by atoms with Crippen molar-refractivity contribution in [3.8, 4) is 11.1 Å². The highest BCUT2D eigenvalue weighted by Crippen LogP contribution is 2.32. The van der Waals surface area contributed by atoms with Crippen molar-refractivity contribution in [2.24, 2.45) is 11.6 Å². The molecule has 2 aromatic rings. The molecule has 1 aliphatic rings. The Balaban J connectivity index is 0.000000469. The topological polar surface area (TPSA) is 109 Å². The number of carbonyl (C=O) groups is 1. The van der Waals surface area contributed by atoms with E-state index in [1.54, 1.807) is 25.4 Å². The van der Waals surface area contributed by atoms with E-state index in [1.807, 2.05) is 0 Å². The monoisotopic (exact) mass is 422 g/mol. The molecule has 6 N–H and O–H groups in total. The van der Waals surface area contributed by atoms with Crippen LogP contribution in [0.5, 0.6) is 0 Å². The number of alkyl halides is 3. The van der Waals surface area contributed by atoms with Gasteiger partial charge in [0.2, 0.25) is 0 Å². The van der Waals surface area contributed by atoms with Crippen LogP contribution >= 0.6 is 0 Å². The number of nitrogens with one attached hydrogen (secondary N) is 2. The van der Waals surface area contributed by atoms with Crippen LogP contribution in [0.25, 0.3) is 11.1 Å². The van der Waals surface area contributed by atoms with Gasteiger partial charge in [-0.2, -0.15) is 13.2 Å². The van der Waals surface area contributed by atoms with Gasteiger partial charge in [0.1, 0.15) is 5.69 Å². The third kappa shape index (κ3) is 7.05. The van der Waals surface area contributed by atoms with Gasteiger partial charge in [0.25, 0.3) is 5.91 Å². The second-order valence-electron chi connectivity index (χ2n) is 6.68. The quantitative estimate of drug-likeness (QED) is 0.444. The summed E-state index contributed by atoms with van der Waals surface area (Å²) < 4.78 is 38.5. The van der Waals surface area contributed by atoms with Crippen molar-refractivity contribution in [2.75, 3.05) is 20.1 Å². The Bertz CT molecular complexity index is 864. The van der Waals surface area contributed by atoms with Gasteiger partial charge in [0.05, 0.1) is 5.56 Å². The van der Waals surface area contributed by atoms with E-state index in [0.29, 0.717) is 17.7 Å². The summed E-state index contributed by atoms with van der Waals surface area (Å²) in [6.07, 6.45) is 0.801. The number of hydrogen-bond acceptors (Lipinski definition) is 6. The molecule has 10 heteroatoms. The number of aromatic nitrogens is 1. The van der Waals surface area contributed by atoms with Gasteiger partial charge in [-0.25, -0.2) is 5.84 Å². The predicted molar refractivity (Wildman–Crippen MR) is 109 cm³/mol. The number of nitrogens with two attached hydrogens (primary N) is 2. The number of rotatable bonds is 4. The zero-order valence-corrected chi connectivity index (χ0v) is 16.5. The molecule has 30 heavy (non-hydrogen) atoms. The smallest absolute Gasteiger partial charge is 0.403 e. The van der Waals surface area contributed by atoms with Crippen LogP contribution in [0.3, 0.4) is 0 Å². The van der Waals surface area contributed by atoms with Crippen LogP contribution in [-0.4, -0.2) is 42.1 Å². The zero-order valence-electron chi connectivity index (χ0n) is 16.5. The summed E-state index contributed by atoms with van der Waals surface area (Å²) in [6, 6.07) is 8.16. The molecule has 1 aromatic heterocycles. The highest BCUT2D eigenvalue weighted by atomic mass is 19.4. The lowest BCUT2D eigenvalue weighted by molar-refractivity contribution is -0.137. The Kier molecular flexibility index (Phi) is 8.19. The fourth-order valence-electron chi connectivity index (χ4n) is 2.78. The first-order valence-corrected chi connectivity index (χ1v) is 9.22. The van der Waals surface area contributed by atoms with Crippen molar-refractivity contribution >= 4 is 5.91 Å². The molecule has 0 aliphatic carbocycles. The van der Waals surface area contributed by atoms with Crippen LogP contribution in [0.2, 0.25) is 0 Å². The lowest BCUT2D eigenvalue weighted by Crippen LogP contribution is -2.36. The molecule has 2 heterocycles. The minimum absolute atomic E-state index is 0.0523. The lowest BCUT2D eigenvalue weighted by Gasteiger charge is -2.12. The fraction of sp³-hybridized carbons (Fsp3) is 0.300. The van der Waals surface area contributed by atoms with Gasteiger partial charge in [0.15, 0.2) is 0 Å². The summed E-state index contributed by atoms with van der Waals surface area (Å²) in [5, 5.41) is 7.39. The number of benzene rings is 1. The van der Waals surface area contributed by atoms with E-state index in [4.69, 9.17) is 11.6 Å². The molecule has 0 radical (unpaired) electrons. The van der Waals surface area contributed by atoms with E-state index in [1.165, 1.54) is 29.5 Å². The number of hydrogen-bond donors (Lipinski definition) is 4. The van der Waals surface area contributed by atoms with Crippen molar-refractivity contribution in [1.82, 2.24) is 20.6 Å². The molecule has 0 saturated carbocycles. The van der Waals surface area contributed by atoms with Gasteiger partial charge >= 0.3 is 6.18 Å². The molecule has 1 unspecified atom stereocenters. The van der Waals surface area contributed by atoms with Crippen LogP contribution < -0.4 is 22.2 Å². The van der Waals surface area contributed by atoms with Gasteiger partial charge in [-0.15, -0.1) is 0 Å². The van der Waals surface area contributed by atoms with Gasteiger partial charge in [-0.1, -0.05) is 12.1 Å². The van der Waals surface area contributed by atoms with Crippen LogP contribution in [-0.2, 0) is 6.18 Å². The highest BCUT2D eigenvalue weighted by Gasteiger charge is 2.30. The van der Waals surface area contributed by atoms with Crippen LogP contribution in [0, 0.1) is 0 Å². The van der Waals surface area contributed by atoms with Gasteiger partial charge in [0, 0.05) is 38.2 Å². The largest absolute Gasteiger partial charge is 0.416 e. The molecule has 162 valence electrons. The first-order valence-electron chi connectivity index (χ1n) is 9.22. The summed E-state index contributed by atoms with van der Waals surface area (Å²) in [5.74, 6) is 4.75. The maximum absolute atomic E-state index is 12.8. The van der Waals surface area contributed by atoms with E-state index in [2.05, 4.69) is 15.6 Å². The molecule has 1 atom stereocenters. The normalized spacial score (nSPS) is 16.1. The number of nitrogens with zero attached hydrogens (tertiary/aromatic N) is 2. The van der Waals surface area contributed by atoms with Crippen LogP contribution in [0.1, 0.15) is 22.5 Å². The SMILES string of the molecule is CN(N)/C=C\N.O=C(NC1CCNC1)c1cc(-c2cccc(C(F)(F)F)c2)ccn1. The van der Waals surface area contributed by atoms with Crippen molar-refractivity contribution in [3.05, 3.63) is 66.3 Å². The third-order valence-electron chi connectivity index (χ3n) is 4.23. The Labute approximate surface area is 172 Å². The molecule has 1 aliphatic heterocycles. The second kappa shape index (κ2) is 10.6. The Hall–Kier alpha value is -3.11. The Morgan fingerprint density at radius 3 is 2.60 bits per heavy atom. The molecule has 1 fully saturated rings. The maximum Gasteiger partial charge on any atom is 0.416 e. The van der Waals surface area contributed by atoms with Crippen molar-refractivity contribution in [2.45, 2.75) is 18.6 Å². The second-order valence-corrected chi connectivity index (χ2v) is 6.68. The van der Waals surface area contributed by atoms with Crippen molar-refractivity contribution in [1.29, 1.82) is 0 Å². The zero-order chi connectivity index (χ0) is 22.1. The standard InChI is InChI=1S/C17H16F3N3O.C3H9N3/c18-17(19,20)13-3-1-2-11(8-13)12-4-7-22-15(9-12)16(24)23-14-5-6-21-10-14;1-6(5)3-2-4/h1-4,7-9,14,21H,5-6,10H2,(H,23,24);2-3H,4-5H2,1H3/b;3-2-. The summed E-state index contributed by atoms with van der Waals surface area (Å²) in [7, 11) is 1.70. The number of hydrazine groups is 1. The molecule has 0 spiro atoms. The van der Waals surface area contributed by atoms with E-state index in [9.17, 15) is 18.0 Å². The number of carbonyl (C=O) groups excluding carboxylic acids is 1. The maximum atomic E-state index is 12.8. The van der Waals surface area contributed by atoms with E-state index in [0.717, 1.165) is 25.1 Å². The number of halogens is 3. The van der Waals surface area contributed by atoms with Gasteiger partial charge in [-0.05, 0) is 48.4 Å². The molecule has 1 amide bonds. The highest BCUT2D eigenvalue weighted by molar-refractivity contribution is 5.93. The van der Waals surface area contributed by atoms with E-state index >= 15 is 0 Å². The van der Waals surface area contributed by atoms with Crippen LogP contribution in [0.15, 0.2) is 55.0 Å². The summed E-state index contributed by atoms with van der Waals surface area (Å²) in [6.45, 7) is 1.56. The molecule has 1 aromatic carbocycles. The Morgan fingerprint density at radius 1 is 1.30 bits per heavy atom. The minimum atomic E-state index is -4.40. The van der Waals surface area contributed by atoms with Crippen molar-refractivity contribution in [3.63, 3.8) is 0 Å². The molecule has 3 rings (SSSR count). The lowest BCUT2D eigenvalue weighted by atomic mass is 10.0. The van der Waals surface area contributed by atoms with Crippen LogP contribution in [0.4, 0.5) is 13.2 Å². The van der Waals surface area contributed by atoms with E-state index < -0.39 is 11.7 Å². The van der Waals surface area contributed by atoms with Crippen molar-refractivity contribution < 1.29 is 18.0 Å². The third-order valence-corrected chi connectivity index (χ3v) is 4.23. The first-order chi connectivity index (χ1) is 14.2. The number of amides is 1. The van der Waals surface area contributed by atoms with E-state index in [-0.39, 0.29) is 17.6 Å². The Morgan fingerprint density at radius 2 is 2.03 bits per heavy atom. The minimum Gasteiger partial charge on any atom is -0.403 e. The van der Waals surface area contributed by atoms with Gasteiger partial charge in [-0.3, -0.25) is 9.78 Å². The predicted octanol–water partition coefficient (Wildman–Crippen LogP) is 2.08. The molecule has 1 saturated heterocycles. The molecule has 0 bridgehead atoms. The average Bonchev–Trinajstić information content (AvgIpc) is 3.21. The number of pyridine rings is 1. The average molecular weight is 422 g/mol. The van der Waals surface area contributed by atoms with Gasteiger partial charge < -0.3 is 21.4 Å². The molecule has 7 nitrogen and oxygen atoms in total. The summed E-state index contributed by atoms with van der Waals surface area (Å²) in [5.41, 5.74) is 5.31. The summed E-state index contributed by atoms with van der Waals surface area (Å²) >= 11 is 0. The summed E-state index contributed by atoms with van der Waals surface area (Å²) in [4.78, 5) is 16.3.